The molecule has 1 aromatic heterocycles. The highest BCUT2D eigenvalue weighted by atomic mass is 35.5. The van der Waals surface area contributed by atoms with Gasteiger partial charge in [-0.15, -0.1) is 10.2 Å². The Morgan fingerprint density at radius 2 is 1.68 bits per heavy atom. The first kappa shape index (κ1) is 19.3. The summed E-state index contributed by atoms with van der Waals surface area (Å²) in [4.78, 5) is 2.44. The molecule has 0 radical (unpaired) electrons. The molecule has 3 aromatic rings. The van der Waals surface area contributed by atoms with Crippen molar-refractivity contribution in [1.82, 2.24) is 14.9 Å². The van der Waals surface area contributed by atoms with Crippen LogP contribution >= 0.6 is 22.9 Å². The Morgan fingerprint density at radius 3 is 2.39 bits per heavy atom. The lowest BCUT2D eigenvalue weighted by atomic mass is 10.1. The number of nitrogens with zero attached hydrogens (tertiary/aromatic N) is 3. The van der Waals surface area contributed by atoms with Crippen LogP contribution in [0.3, 0.4) is 0 Å². The van der Waals surface area contributed by atoms with Crippen LogP contribution in [0.1, 0.15) is 12.8 Å². The standard InChI is InChI=1S/C19H19ClN4O2S2/c20-17-9-5-4-8-16(17)18-21-22-19(27-18)24-12-10-14(11-13-24)23-28(25,26)15-6-2-1-3-7-15/h1-9,14,23H,10-13H2. The highest BCUT2D eigenvalue weighted by molar-refractivity contribution is 7.89. The SMILES string of the molecule is O=S(=O)(NC1CCN(c2nnc(-c3ccccc3Cl)s2)CC1)c1ccccc1. The number of piperidine rings is 1. The van der Waals surface area contributed by atoms with Crippen molar-refractivity contribution >= 4 is 38.1 Å². The molecular weight excluding hydrogens is 416 g/mol. The summed E-state index contributed by atoms with van der Waals surface area (Å²) in [5.74, 6) is 0. The quantitative estimate of drug-likeness (QED) is 0.660. The van der Waals surface area contributed by atoms with Gasteiger partial charge in [-0.05, 0) is 31.0 Å². The lowest BCUT2D eigenvalue weighted by molar-refractivity contribution is 0.459. The first-order chi connectivity index (χ1) is 13.5. The molecule has 1 N–H and O–H groups in total. The molecule has 28 heavy (non-hydrogen) atoms. The second-order valence-corrected chi connectivity index (χ2v) is 9.64. The Kier molecular flexibility index (Phi) is 5.63. The lowest BCUT2D eigenvalue weighted by Crippen LogP contribution is -2.44. The van der Waals surface area contributed by atoms with Crippen LogP contribution in [0, 0.1) is 0 Å². The van der Waals surface area contributed by atoms with Crippen LogP contribution in [-0.2, 0) is 10.0 Å². The average molecular weight is 435 g/mol. The van der Waals surface area contributed by atoms with E-state index >= 15 is 0 Å². The van der Waals surface area contributed by atoms with Gasteiger partial charge in [-0.2, -0.15) is 0 Å². The summed E-state index contributed by atoms with van der Waals surface area (Å²) in [6.07, 6.45) is 1.43. The van der Waals surface area contributed by atoms with E-state index in [1.165, 1.54) is 11.3 Å². The largest absolute Gasteiger partial charge is 0.347 e. The van der Waals surface area contributed by atoms with Gasteiger partial charge in [-0.1, -0.05) is 59.3 Å². The molecule has 0 atom stereocenters. The molecule has 1 aliphatic heterocycles. The maximum Gasteiger partial charge on any atom is 0.240 e. The molecule has 2 heterocycles. The zero-order valence-electron chi connectivity index (χ0n) is 15.0. The van der Waals surface area contributed by atoms with Gasteiger partial charge in [-0.25, -0.2) is 13.1 Å². The Labute approximate surface area is 173 Å². The average Bonchev–Trinajstić information content (AvgIpc) is 3.19. The first-order valence-corrected chi connectivity index (χ1v) is 11.6. The van der Waals surface area contributed by atoms with Gasteiger partial charge in [0.2, 0.25) is 15.2 Å². The van der Waals surface area contributed by atoms with Gasteiger partial charge >= 0.3 is 0 Å². The minimum Gasteiger partial charge on any atom is -0.347 e. The number of aromatic nitrogens is 2. The molecule has 0 saturated carbocycles. The number of hydrogen-bond donors (Lipinski definition) is 1. The highest BCUT2D eigenvalue weighted by Crippen LogP contribution is 2.34. The molecule has 1 aliphatic rings. The number of benzene rings is 2. The van der Waals surface area contributed by atoms with E-state index < -0.39 is 10.0 Å². The van der Waals surface area contributed by atoms with Crippen LogP contribution in [0.2, 0.25) is 5.02 Å². The van der Waals surface area contributed by atoms with Gasteiger partial charge < -0.3 is 4.90 Å². The highest BCUT2D eigenvalue weighted by Gasteiger charge is 2.26. The molecule has 146 valence electrons. The molecule has 0 bridgehead atoms. The Balaban J connectivity index is 1.39. The van der Waals surface area contributed by atoms with E-state index in [2.05, 4.69) is 19.8 Å². The van der Waals surface area contributed by atoms with E-state index in [1.807, 2.05) is 24.3 Å². The molecular formula is C19H19ClN4O2S2. The molecule has 0 unspecified atom stereocenters. The maximum atomic E-state index is 12.5. The number of nitrogens with one attached hydrogen (secondary N) is 1. The molecule has 0 amide bonds. The molecule has 6 nitrogen and oxygen atoms in total. The van der Waals surface area contributed by atoms with E-state index in [4.69, 9.17) is 11.6 Å². The third-order valence-electron chi connectivity index (χ3n) is 4.66. The summed E-state index contributed by atoms with van der Waals surface area (Å²) in [6, 6.07) is 15.9. The minimum atomic E-state index is -3.49. The normalized spacial score (nSPS) is 15.7. The molecule has 2 aromatic carbocycles. The summed E-state index contributed by atoms with van der Waals surface area (Å²) in [5, 5.41) is 10.8. The summed E-state index contributed by atoms with van der Waals surface area (Å²) in [7, 11) is -3.49. The second-order valence-electron chi connectivity index (χ2n) is 6.57. The zero-order valence-corrected chi connectivity index (χ0v) is 17.3. The smallest absolute Gasteiger partial charge is 0.240 e. The van der Waals surface area contributed by atoms with E-state index in [0.29, 0.717) is 22.8 Å². The topological polar surface area (TPSA) is 75.2 Å². The summed E-state index contributed by atoms with van der Waals surface area (Å²) in [6.45, 7) is 1.44. The van der Waals surface area contributed by atoms with Crippen molar-refractivity contribution in [3.63, 3.8) is 0 Å². The van der Waals surface area contributed by atoms with Gasteiger partial charge in [-0.3, -0.25) is 0 Å². The first-order valence-electron chi connectivity index (χ1n) is 8.94. The lowest BCUT2D eigenvalue weighted by Gasteiger charge is -2.31. The summed E-state index contributed by atoms with van der Waals surface area (Å²) >= 11 is 7.74. The van der Waals surface area contributed by atoms with Crippen molar-refractivity contribution in [3.8, 4) is 10.6 Å². The zero-order chi connectivity index (χ0) is 19.6. The van der Waals surface area contributed by atoms with Gasteiger partial charge in [0, 0.05) is 24.7 Å². The molecule has 0 spiro atoms. The van der Waals surface area contributed by atoms with E-state index in [-0.39, 0.29) is 6.04 Å². The van der Waals surface area contributed by atoms with Crippen molar-refractivity contribution in [3.05, 3.63) is 59.6 Å². The van der Waals surface area contributed by atoms with Crippen LogP contribution in [-0.4, -0.2) is 37.7 Å². The Hall–Kier alpha value is -2.00. The fourth-order valence-corrected chi connectivity index (χ4v) is 5.71. The molecule has 9 heteroatoms. The van der Waals surface area contributed by atoms with Crippen molar-refractivity contribution in [1.29, 1.82) is 0 Å². The molecule has 4 rings (SSSR count). The van der Waals surface area contributed by atoms with Gasteiger partial charge in [0.1, 0.15) is 0 Å². The number of halogens is 1. The maximum absolute atomic E-state index is 12.5. The third kappa shape index (κ3) is 4.20. The Morgan fingerprint density at radius 1 is 1.00 bits per heavy atom. The van der Waals surface area contributed by atoms with E-state index in [1.54, 1.807) is 30.3 Å². The second kappa shape index (κ2) is 8.16. The Bertz CT molecular complexity index is 1050. The molecule has 0 aliphatic carbocycles. The minimum absolute atomic E-state index is 0.0857. The van der Waals surface area contributed by atoms with Crippen LogP contribution in [0.5, 0.6) is 0 Å². The summed E-state index contributed by atoms with van der Waals surface area (Å²) in [5.41, 5.74) is 0.874. The monoisotopic (exact) mass is 434 g/mol. The van der Waals surface area contributed by atoms with Crippen LogP contribution in [0.25, 0.3) is 10.6 Å². The predicted octanol–water partition coefficient (Wildman–Crippen LogP) is 3.81. The van der Waals surface area contributed by atoms with E-state index in [0.717, 1.165) is 28.8 Å². The van der Waals surface area contributed by atoms with Gasteiger partial charge in [0.25, 0.3) is 0 Å². The van der Waals surface area contributed by atoms with Gasteiger partial charge in [0.15, 0.2) is 5.01 Å². The van der Waals surface area contributed by atoms with Crippen molar-refractivity contribution in [2.24, 2.45) is 0 Å². The number of rotatable bonds is 5. The van der Waals surface area contributed by atoms with Crippen LogP contribution < -0.4 is 9.62 Å². The fraction of sp³-hybridized carbons (Fsp3) is 0.263. The van der Waals surface area contributed by atoms with E-state index in [9.17, 15) is 8.42 Å². The fourth-order valence-electron chi connectivity index (χ4n) is 3.16. The number of sulfonamides is 1. The van der Waals surface area contributed by atoms with Crippen molar-refractivity contribution < 1.29 is 8.42 Å². The third-order valence-corrected chi connectivity index (χ3v) is 7.54. The van der Waals surface area contributed by atoms with Crippen molar-refractivity contribution in [2.45, 2.75) is 23.8 Å². The predicted molar refractivity (Wildman–Crippen MR) is 112 cm³/mol. The van der Waals surface area contributed by atoms with Crippen molar-refractivity contribution in [2.75, 3.05) is 18.0 Å². The number of hydrogen-bond acceptors (Lipinski definition) is 6. The van der Waals surface area contributed by atoms with Crippen LogP contribution in [0.4, 0.5) is 5.13 Å². The molecule has 1 fully saturated rings. The van der Waals surface area contributed by atoms with Gasteiger partial charge in [0.05, 0.1) is 9.92 Å². The van der Waals surface area contributed by atoms with Crippen LogP contribution in [0.15, 0.2) is 59.5 Å². The molecule has 1 saturated heterocycles. The number of anilines is 1. The summed E-state index contributed by atoms with van der Waals surface area (Å²) < 4.78 is 27.8.